The minimum absolute atomic E-state index is 0.00124. The summed E-state index contributed by atoms with van der Waals surface area (Å²) in [6, 6.07) is 5.38. The number of nitrogens with one attached hydrogen (secondary N) is 2. The van der Waals surface area contributed by atoms with Crippen molar-refractivity contribution in [3.8, 4) is 5.75 Å². The lowest BCUT2D eigenvalue weighted by molar-refractivity contribution is 0.163. The number of β-amino-alcohol motifs (C(OH)–C–C–N with tert-alkyl or cyclic N) is 1. The Morgan fingerprint density at radius 1 is 1.00 bits per heavy atom. The van der Waals surface area contributed by atoms with Gasteiger partial charge in [0.25, 0.3) is 0 Å². The summed E-state index contributed by atoms with van der Waals surface area (Å²) in [6.45, 7) is 13.5. The van der Waals surface area contributed by atoms with E-state index in [1.807, 2.05) is 12.1 Å². The van der Waals surface area contributed by atoms with Crippen molar-refractivity contribution in [2.24, 2.45) is 0 Å². The Morgan fingerprint density at radius 3 is 2.05 bits per heavy atom. The van der Waals surface area contributed by atoms with Crippen LogP contribution in [0.15, 0.2) is 18.2 Å². The van der Waals surface area contributed by atoms with Crippen LogP contribution in [0.5, 0.6) is 5.75 Å². The summed E-state index contributed by atoms with van der Waals surface area (Å²) in [5, 5.41) is 26.9. The Kier molecular flexibility index (Phi) is 5.79. The second-order valence-corrected chi connectivity index (χ2v) is 7.64. The molecule has 0 aliphatic carbocycles. The molecule has 0 spiro atoms. The topological polar surface area (TPSA) is 64.5 Å². The normalized spacial score (nSPS) is 14.2. The van der Waals surface area contributed by atoms with Crippen molar-refractivity contribution in [2.75, 3.05) is 6.54 Å². The molecule has 0 fully saturated rings. The number of aliphatic hydroxyl groups excluding tert-OH is 1. The minimum atomic E-state index is -0.625. The summed E-state index contributed by atoms with van der Waals surface area (Å²) in [5.74, 6) is 0.221. The first-order chi connectivity index (χ1) is 9.48. The van der Waals surface area contributed by atoms with E-state index in [-0.39, 0.29) is 16.8 Å². The molecule has 21 heavy (non-hydrogen) atoms. The zero-order valence-electron chi connectivity index (χ0n) is 14.1. The molecule has 4 nitrogen and oxygen atoms in total. The molecule has 4 N–H and O–H groups in total. The Bertz CT molecular complexity index is 459. The summed E-state index contributed by atoms with van der Waals surface area (Å²) >= 11 is 0. The van der Waals surface area contributed by atoms with Gasteiger partial charge in [-0.2, -0.15) is 0 Å². The van der Waals surface area contributed by atoms with E-state index >= 15 is 0 Å². The van der Waals surface area contributed by atoms with Gasteiger partial charge < -0.3 is 20.8 Å². The van der Waals surface area contributed by atoms with E-state index in [1.165, 1.54) is 0 Å². The van der Waals surface area contributed by atoms with Crippen molar-refractivity contribution in [2.45, 2.75) is 65.3 Å². The predicted molar refractivity (Wildman–Crippen MR) is 87.4 cm³/mol. The fourth-order valence-corrected chi connectivity index (χ4v) is 1.82. The van der Waals surface area contributed by atoms with Gasteiger partial charge in [0.05, 0.1) is 6.10 Å². The first-order valence-electron chi connectivity index (χ1n) is 7.48. The highest BCUT2D eigenvalue weighted by molar-refractivity contribution is 5.37. The average molecular weight is 294 g/mol. The second-order valence-electron chi connectivity index (χ2n) is 7.64. The van der Waals surface area contributed by atoms with Crippen molar-refractivity contribution < 1.29 is 10.2 Å². The summed E-state index contributed by atoms with van der Waals surface area (Å²) in [5.41, 5.74) is 1.52. The lowest BCUT2D eigenvalue weighted by Crippen LogP contribution is -2.38. The van der Waals surface area contributed by atoms with Gasteiger partial charge in [0.2, 0.25) is 0 Å². The Labute approximate surface area is 128 Å². The number of aliphatic hydroxyl groups is 1. The molecule has 1 aromatic rings. The fraction of sp³-hybridized carbons (Fsp3) is 0.647. The second kappa shape index (κ2) is 6.77. The molecule has 0 saturated heterocycles. The van der Waals surface area contributed by atoms with Crippen LogP contribution in [-0.4, -0.2) is 27.8 Å². The van der Waals surface area contributed by atoms with Crippen molar-refractivity contribution >= 4 is 0 Å². The molecule has 1 rings (SSSR count). The summed E-state index contributed by atoms with van der Waals surface area (Å²) in [6.07, 6.45) is -0.625. The van der Waals surface area contributed by atoms with E-state index in [2.05, 4.69) is 52.2 Å². The van der Waals surface area contributed by atoms with Crippen molar-refractivity contribution in [3.05, 3.63) is 29.3 Å². The maximum atomic E-state index is 10.2. The molecule has 0 radical (unpaired) electrons. The number of benzene rings is 1. The molecular weight excluding hydrogens is 264 g/mol. The number of aromatic hydroxyl groups is 1. The van der Waals surface area contributed by atoms with Crippen molar-refractivity contribution in [3.63, 3.8) is 0 Å². The molecule has 120 valence electrons. The molecule has 0 aromatic heterocycles. The zero-order chi connectivity index (χ0) is 16.3. The molecule has 0 saturated carbocycles. The molecule has 1 atom stereocenters. The SMILES string of the molecule is CC(C)(C)NCc1ccc(C(O)CNC(C)(C)C)cc1O. The highest BCUT2D eigenvalue weighted by Crippen LogP contribution is 2.23. The molecule has 1 aromatic carbocycles. The molecule has 0 heterocycles. The smallest absolute Gasteiger partial charge is 0.120 e. The average Bonchev–Trinajstić information content (AvgIpc) is 2.32. The van der Waals surface area contributed by atoms with Crippen LogP contribution in [0.3, 0.4) is 0 Å². The maximum absolute atomic E-state index is 10.2. The Balaban J connectivity index is 2.69. The molecule has 4 heteroatoms. The van der Waals surface area contributed by atoms with Gasteiger partial charge in [-0.05, 0) is 53.2 Å². The fourth-order valence-electron chi connectivity index (χ4n) is 1.82. The number of phenols is 1. The van der Waals surface area contributed by atoms with Gasteiger partial charge in [-0.15, -0.1) is 0 Å². The van der Waals surface area contributed by atoms with Gasteiger partial charge in [-0.25, -0.2) is 0 Å². The number of hydrogen-bond donors (Lipinski definition) is 4. The standard InChI is InChI=1S/C17H30N2O2/c1-16(2,3)18-10-13-8-7-12(9-14(13)20)15(21)11-19-17(4,5)6/h7-9,15,18-21H,10-11H2,1-6H3. The first-order valence-corrected chi connectivity index (χ1v) is 7.48. The van der Waals surface area contributed by atoms with Crippen LogP contribution in [0, 0.1) is 0 Å². The molecular formula is C17H30N2O2. The van der Waals surface area contributed by atoms with Gasteiger partial charge in [0.1, 0.15) is 5.75 Å². The van der Waals surface area contributed by atoms with Gasteiger partial charge >= 0.3 is 0 Å². The van der Waals surface area contributed by atoms with Crippen molar-refractivity contribution in [1.82, 2.24) is 10.6 Å². The van der Waals surface area contributed by atoms with Crippen LogP contribution in [0.2, 0.25) is 0 Å². The molecule has 1 unspecified atom stereocenters. The largest absolute Gasteiger partial charge is 0.508 e. The van der Waals surface area contributed by atoms with E-state index in [9.17, 15) is 10.2 Å². The summed E-state index contributed by atoms with van der Waals surface area (Å²) in [4.78, 5) is 0. The third kappa shape index (κ3) is 6.93. The van der Waals surface area contributed by atoms with Crippen LogP contribution in [-0.2, 0) is 6.54 Å². The monoisotopic (exact) mass is 294 g/mol. The highest BCUT2D eigenvalue weighted by Gasteiger charge is 2.15. The Hall–Kier alpha value is -1.10. The van der Waals surface area contributed by atoms with Gasteiger partial charge in [-0.3, -0.25) is 0 Å². The third-order valence-electron chi connectivity index (χ3n) is 3.13. The molecule has 0 aliphatic heterocycles. The lowest BCUT2D eigenvalue weighted by Gasteiger charge is -2.23. The van der Waals surface area contributed by atoms with Gasteiger partial charge in [0, 0.05) is 29.7 Å². The van der Waals surface area contributed by atoms with Crippen LogP contribution in [0.1, 0.15) is 58.8 Å². The quantitative estimate of drug-likeness (QED) is 0.674. The van der Waals surface area contributed by atoms with Crippen LogP contribution >= 0.6 is 0 Å². The van der Waals surface area contributed by atoms with E-state index < -0.39 is 6.10 Å². The number of hydrogen-bond acceptors (Lipinski definition) is 4. The van der Waals surface area contributed by atoms with Crippen molar-refractivity contribution in [1.29, 1.82) is 0 Å². The number of phenolic OH excluding ortho intramolecular Hbond substituents is 1. The first kappa shape index (κ1) is 18.0. The van der Waals surface area contributed by atoms with Crippen LogP contribution in [0.25, 0.3) is 0 Å². The zero-order valence-corrected chi connectivity index (χ0v) is 14.1. The minimum Gasteiger partial charge on any atom is -0.508 e. The lowest BCUT2D eigenvalue weighted by atomic mass is 10.0. The number of rotatable bonds is 5. The molecule has 0 aliphatic rings. The van der Waals surface area contributed by atoms with Gasteiger partial charge in [0.15, 0.2) is 0 Å². The summed E-state index contributed by atoms with van der Waals surface area (Å²) < 4.78 is 0. The Morgan fingerprint density at radius 2 is 1.57 bits per heavy atom. The van der Waals surface area contributed by atoms with E-state index in [0.717, 1.165) is 11.1 Å². The van der Waals surface area contributed by atoms with E-state index in [1.54, 1.807) is 6.07 Å². The molecule has 0 bridgehead atoms. The van der Waals surface area contributed by atoms with E-state index in [4.69, 9.17) is 0 Å². The molecule has 0 amide bonds. The summed E-state index contributed by atoms with van der Waals surface area (Å²) in [7, 11) is 0. The van der Waals surface area contributed by atoms with E-state index in [0.29, 0.717) is 13.1 Å². The van der Waals surface area contributed by atoms with Gasteiger partial charge in [-0.1, -0.05) is 12.1 Å². The maximum Gasteiger partial charge on any atom is 0.120 e. The third-order valence-corrected chi connectivity index (χ3v) is 3.13. The van der Waals surface area contributed by atoms with Crippen LogP contribution < -0.4 is 10.6 Å². The van der Waals surface area contributed by atoms with Crippen LogP contribution in [0.4, 0.5) is 0 Å². The highest BCUT2D eigenvalue weighted by atomic mass is 16.3. The predicted octanol–water partition coefficient (Wildman–Crippen LogP) is 2.70.